The van der Waals surface area contributed by atoms with Gasteiger partial charge in [-0.2, -0.15) is 0 Å². The van der Waals surface area contributed by atoms with E-state index in [-0.39, 0.29) is 24.7 Å². The smallest absolute Gasteiger partial charge is 0.317 e. The maximum absolute atomic E-state index is 13.0. The highest BCUT2D eigenvalue weighted by Gasteiger charge is 2.53. The Labute approximate surface area is 169 Å². The molecule has 2 atom stereocenters. The van der Waals surface area contributed by atoms with Crippen molar-refractivity contribution in [3.8, 4) is 0 Å². The predicted octanol–water partition coefficient (Wildman–Crippen LogP) is 3.17. The number of likely N-dealkylation sites (N-methyl/N-ethyl adjacent to an activating group) is 1. The monoisotopic (exact) mass is 391 g/mol. The Kier molecular flexibility index (Phi) is 5.60. The average Bonchev–Trinajstić information content (AvgIpc) is 2.86. The van der Waals surface area contributed by atoms with Gasteiger partial charge in [-0.05, 0) is 94.9 Å². The molecular weight excluding hydrogens is 354 g/mol. The Balaban J connectivity index is 1.32. The summed E-state index contributed by atoms with van der Waals surface area (Å²) in [5.41, 5.74) is 0.334. The zero-order valence-corrected chi connectivity index (χ0v) is 17.5. The van der Waals surface area contributed by atoms with Crippen molar-refractivity contribution in [1.29, 1.82) is 0 Å². The van der Waals surface area contributed by atoms with E-state index in [0.717, 1.165) is 43.6 Å². The average molecular weight is 392 g/mol. The fourth-order valence-electron chi connectivity index (χ4n) is 7.20. The minimum Gasteiger partial charge on any atom is -0.480 e. The fraction of sp³-hybridized carbons (Fsp3) is 0.909. The number of carbonyl (C=O) groups is 2. The summed E-state index contributed by atoms with van der Waals surface area (Å²) in [4.78, 5) is 27.9. The topological polar surface area (TPSA) is 72.9 Å². The molecule has 0 radical (unpaired) electrons. The number of hydrogen-bond donors (Lipinski definition) is 2. The highest BCUT2D eigenvalue weighted by atomic mass is 16.4. The number of hydrogen-bond acceptors (Lipinski definition) is 3. The third-order valence-corrected chi connectivity index (χ3v) is 8.34. The van der Waals surface area contributed by atoms with Crippen molar-refractivity contribution in [2.75, 3.05) is 26.7 Å². The van der Waals surface area contributed by atoms with Crippen LogP contribution in [-0.2, 0) is 4.79 Å². The van der Waals surface area contributed by atoms with Gasteiger partial charge in [-0.15, -0.1) is 0 Å². The molecule has 1 heterocycles. The Bertz CT molecular complexity index is 573. The molecule has 4 saturated carbocycles. The highest BCUT2D eigenvalue weighted by Crippen LogP contribution is 2.61. The van der Waals surface area contributed by atoms with Crippen LogP contribution in [0.5, 0.6) is 0 Å². The molecule has 1 saturated heterocycles. The lowest BCUT2D eigenvalue weighted by molar-refractivity contribution is -0.138. The summed E-state index contributed by atoms with van der Waals surface area (Å²) in [6.45, 7) is 3.80. The molecule has 2 amide bonds. The molecule has 4 aliphatic carbocycles. The first-order valence-corrected chi connectivity index (χ1v) is 11.3. The van der Waals surface area contributed by atoms with Gasteiger partial charge in [0.05, 0.1) is 6.54 Å². The molecule has 4 bridgehead atoms. The van der Waals surface area contributed by atoms with Crippen molar-refractivity contribution in [3.05, 3.63) is 0 Å². The van der Waals surface area contributed by atoms with Gasteiger partial charge in [0.25, 0.3) is 0 Å². The third kappa shape index (κ3) is 4.03. The number of carboxylic acids is 1. The fourth-order valence-corrected chi connectivity index (χ4v) is 7.20. The van der Waals surface area contributed by atoms with Crippen LogP contribution < -0.4 is 5.32 Å². The molecule has 2 unspecified atom stereocenters. The number of rotatable bonds is 5. The van der Waals surface area contributed by atoms with Crippen molar-refractivity contribution in [2.45, 2.75) is 76.8 Å². The summed E-state index contributed by atoms with van der Waals surface area (Å²) in [7, 11) is 1.88. The molecule has 5 rings (SSSR count). The number of likely N-dealkylation sites (tertiary alicyclic amines) is 1. The summed E-state index contributed by atoms with van der Waals surface area (Å²) < 4.78 is 0. The molecule has 1 aliphatic heterocycles. The predicted molar refractivity (Wildman–Crippen MR) is 108 cm³/mol. The number of nitrogens with one attached hydrogen (secondary N) is 1. The van der Waals surface area contributed by atoms with Gasteiger partial charge >= 0.3 is 12.0 Å². The van der Waals surface area contributed by atoms with Crippen molar-refractivity contribution >= 4 is 12.0 Å². The number of aliphatic carboxylic acids is 1. The van der Waals surface area contributed by atoms with Gasteiger partial charge in [0.1, 0.15) is 0 Å². The van der Waals surface area contributed by atoms with Crippen LogP contribution in [0.1, 0.15) is 64.7 Å². The van der Waals surface area contributed by atoms with E-state index in [1.54, 1.807) is 0 Å². The largest absolute Gasteiger partial charge is 0.480 e. The van der Waals surface area contributed by atoms with Gasteiger partial charge in [-0.25, -0.2) is 4.79 Å². The molecule has 28 heavy (non-hydrogen) atoms. The number of carboxylic acid groups (broad SMARTS) is 1. The van der Waals surface area contributed by atoms with Crippen LogP contribution in [0, 0.1) is 23.2 Å². The van der Waals surface area contributed by atoms with Gasteiger partial charge in [-0.1, -0.05) is 0 Å². The first kappa shape index (κ1) is 20.0. The van der Waals surface area contributed by atoms with Crippen LogP contribution in [0.4, 0.5) is 4.79 Å². The Morgan fingerprint density at radius 1 is 1.11 bits per heavy atom. The Morgan fingerprint density at radius 2 is 1.71 bits per heavy atom. The molecule has 5 fully saturated rings. The minimum absolute atomic E-state index is 0.0694. The quantitative estimate of drug-likeness (QED) is 0.755. The molecule has 6 nitrogen and oxygen atoms in total. The maximum Gasteiger partial charge on any atom is 0.317 e. The zero-order valence-electron chi connectivity index (χ0n) is 17.5. The van der Waals surface area contributed by atoms with Gasteiger partial charge in [0.15, 0.2) is 0 Å². The SMILES string of the molecule is CC(NC(=O)N1CCCC(N(C)CC(=O)O)CC1)C12CC3CC(CC(C3)C1)C2. The van der Waals surface area contributed by atoms with Gasteiger partial charge in [-0.3, -0.25) is 9.69 Å². The number of carbonyl (C=O) groups excluding carboxylic acids is 1. The summed E-state index contributed by atoms with van der Waals surface area (Å²) >= 11 is 0. The van der Waals surface area contributed by atoms with Crippen LogP contribution in [0.25, 0.3) is 0 Å². The molecule has 6 heteroatoms. The standard InChI is InChI=1S/C22H37N3O3/c1-15(22-11-16-8-17(12-22)10-18(9-16)13-22)23-21(28)25-6-3-4-19(5-7-25)24(2)14-20(26)27/h15-19H,3-14H2,1-2H3,(H,23,28)(H,26,27). The Hall–Kier alpha value is -1.30. The second kappa shape index (κ2) is 7.85. The summed E-state index contributed by atoms with van der Waals surface area (Å²) in [6, 6.07) is 0.585. The van der Waals surface area contributed by atoms with E-state index in [1.165, 1.54) is 38.5 Å². The lowest BCUT2D eigenvalue weighted by atomic mass is 9.48. The van der Waals surface area contributed by atoms with E-state index in [2.05, 4.69) is 12.2 Å². The molecule has 2 N–H and O–H groups in total. The van der Waals surface area contributed by atoms with E-state index in [0.29, 0.717) is 12.0 Å². The van der Waals surface area contributed by atoms with Crippen LogP contribution >= 0.6 is 0 Å². The molecule has 158 valence electrons. The maximum atomic E-state index is 13.0. The van der Waals surface area contributed by atoms with Crippen LogP contribution in [0.3, 0.4) is 0 Å². The molecule has 0 aromatic heterocycles. The number of nitrogens with zero attached hydrogens (tertiary/aromatic N) is 2. The van der Waals surface area contributed by atoms with E-state index in [9.17, 15) is 9.59 Å². The van der Waals surface area contributed by atoms with Crippen molar-refractivity contribution < 1.29 is 14.7 Å². The zero-order chi connectivity index (χ0) is 19.9. The normalized spacial score (nSPS) is 38.3. The van der Waals surface area contributed by atoms with Gasteiger partial charge in [0, 0.05) is 25.2 Å². The van der Waals surface area contributed by atoms with Crippen LogP contribution in [0.2, 0.25) is 0 Å². The molecule has 0 spiro atoms. The second-order valence-electron chi connectivity index (χ2n) is 10.3. The molecular formula is C22H37N3O3. The summed E-state index contributed by atoms with van der Waals surface area (Å²) in [5, 5.41) is 12.4. The first-order valence-electron chi connectivity index (χ1n) is 11.3. The summed E-state index contributed by atoms with van der Waals surface area (Å²) in [6.07, 6.45) is 11.0. The van der Waals surface area contributed by atoms with Crippen LogP contribution in [-0.4, -0.2) is 65.7 Å². The van der Waals surface area contributed by atoms with E-state index < -0.39 is 5.97 Å². The molecule has 0 aromatic carbocycles. The minimum atomic E-state index is -0.786. The number of amides is 2. The highest BCUT2D eigenvalue weighted by molar-refractivity contribution is 5.74. The Morgan fingerprint density at radius 3 is 2.29 bits per heavy atom. The lowest BCUT2D eigenvalue weighted by Gasteiger charge is -2.59. The van der Waals surface area contributed by atoms with Crippen LogP contribution in [0.15, 0.2) is 0 Å². The van der Waals surface area contributed by atoms with E-state index >= 15 is 0 Å². The molecule has 0 aromatic rings. The van der Waals surface area contributed by atoms with Gasteiger partial charge in [0.2, 0.25) is 0 Å². The summed E-state index contributed by atoms with van der Waals surface area (Å²) in [5.74, 6) is 1.91. The molecule has 5 aliphatic rings. The number of urea groups is 1. The van der Waals surface area contributed by atoms with Gasteiger partial charge < -0.3 is 15.3 Å². The van der Waals surface area contributed by atoms with E-state index in [4.69, 9.17) is 5.11 Å². The van der Waals surface area contributed by atoms with Crippen molar-refractivity contribution in [3.63, 3.8) is 0 Å². The third-order valence-electron chi connectivity index (χ3n) is 8.34. The van der Waals surface area contributed by atoms with E-state index in [1.807, 2.05) is 16.8 Å². The van der Waals surface area contributed by atoms with Crippen molar-refractivity contribution in [2.24, 2.45) is 23.2 Å². The second-order valence-corrected chi connectivity index (χ2v) is 10.3. The lowest BCUT2D eigenvalue weighted by Crippen LogP contribution is -2.57. The van der Waals surface area contributed by atoms with Crippen molar-refractivity contribution in [1.82, 2.24) is 15.1 Å². The first-order chi connectivity index (χ1) is 13.3.